The molecule has 4 rings (SSSR count). The van der Waals surface area contributed by atoms with E-state index in [2.05, 4.69) is 10.5 Å². The number of ether oxygens (including phenoxy) is 1. The van der Waals surface area contributed by atoms with Gasteiger partial charge in [-0.1, -0.05) is 29.8 Å². The molecular weight excluding hydrogens is 506 g/mol. The van der Waals surface area contributed by atoms with Crippen LogP contribution in [0.4, 0.5) is 5.69 Å². The van der Waals surface area contributed by atoms with E-state index in [1.165, 1.54) is 18.3 Å². The van der Waals surface area contributed by atoms with E-state index in [1.54, 1.807) is 43.3 Å². The number of carbonyl (C=O) groups is 1. The Morgan fingerprint density at radius 2 is 1.86 bits per heavy atom. The van der Waals surface area contributed by atoms with Gasteiger partial charge in [-0.15, -0.1) is 0 Å². The minimum atomic E-state index is -4.01. The summed E-state index contributed by atoms with van der Waals surface area (Å²) in [5.74, 6) is 2.21. The minimum Gasteiger partial charge on any atom is -0.489 e. The van der Waals surface area contributed by atoms with Crippen molar-refractivity contribution in [3.05, 3.63) is 88.9 Å². The Hall–Kier alpha value is -3.01. The van der Waals surface area contributed by atoms with E-state index in [4.69, 9.17) is 16.3 Å². The zero-order valence-corrected chi connectivity index (χ0v) is 21.3. The van der Waals surface area contributed by atoms with Crippen LogP contribution in [0, 0.1) is 6.92 Å². The van der Waals surface area contributed by atoms with Gasteiger partial charge >= 0.3 is 0 Å². The molecule has 0 aromatic heterocycles. The third-order valence-corrected chi connectivity index (χ3v) is 8.46. The topological polar surface area (TPSA) is 88.1 Å². The number of sulfonamides is 1. The third-order valence-electron chi connectivity index (χ3n) is 5.24. The highest BCUT2D eigenvalue weighted by Gasteiger charge is 2.28. The van der Waals surface area contributed by atoms with Gasteiger partial charge in [0.25, 0.3) is 15.9 Å². The number of carbonyl (C=O) groups excluding carboxylic acids is 1. The van der Waals surface area contributed by atoms with Crippen LogP contribution in [0.2, 0.25) is 5.02 Å². The predicted octanol–water partition coefficient (Wildman–Crippen LogP) is 4.49. The number of rotatable bonds is 9. The largest absolute Gasteiger partial charge is 0.489 e. The predicted molar refractivity (Wildman–Crippen MR) is 141 cm³/mol. The number of hydrazone groups is 1. The number of anilines is 1. The highest BCUT2D eigenvalue weighted by Crippen LogP contribution is 2.29. The molecule has 1 heterocycles. The molecule has 0 spiro atoms. The SMILES string of the molecule is Cc1cc(Cl)ccc1N(CC(=O)N/N=C\c1ccc(OC2CSC2)cc1)S(=O)(=O)c1ccccc1. The Labute approximate surface area is 214 Å². The maximum atomic E-state index is 13.4. The van der Waals surface area contributed by atoms with Crippen molar-refractivity contribution in [1.82, 2.24) is 5.43 Å². The van der Waals surface area contributed by atoms with Crippen molar-refractivity contribution in [2.75, 3.05) is 22.4 Å². The second-order valence-electron chi connectivity index (χ2n) is 7.90. The van der Waals surface area contributed by atoms with Crippen LogP contribution in [0.5, 0.6) is 5.75 Å². The van der Waals surface area contributed by atoms with Crippen molar-refractivity contribution in [1.29, 1.82) is 0 Å². The second kappa shape index (κ2) is 11.2. The van der Waals surface area contributed by atoms with Crippen LogP contribution in [0.25, 0.3) is 0 Å². The maximum absolute atomic E-state index is 13.4. The molecule has 0 atom stereocenters. The highest BCUT2D eigenvalue weighted by atomic mass is 35.5. The van der Waals surface area contributed by atoms with Gasteiger partial charge in [0.15, 0.2) is 0 Å². The molecule has 35 heavy (non-hydrogen) atoms. The van der Waals surface area contributed by atoms with Gasteiger partial charge in [0, 0.05) is 16.5 Å². The molecule has 0 bridgehead atoms. The number of thioether (sulfide) groups is 1. The van der Waals surface area contributed by atoms with E-state index in [0.29, 0.717) is 16.3 Å². The lowest BCUT2D eigenvalue weighted by atomic mass is 10.2. The molecule has 0 radical (unpaired) electrons. The second-order valence-corrected chi connectivity index (χ2v) is 11.3. The normalized spacial score (nSPS) is 13.9. The molecule has 1 aliphatic heterocycles. The van der Waals surface area contributed by atoms with Gasteiger partial charge in [-0.3, -0.25) is 9.10 Å². The van der Waals surface area contributed by atoms with Crippen molar-refractivity contribution in [3.8, 4) is 5.75 Å². The fourth-order valence-electron chi connectivity index (χ4n) is 3.37. The first-order chi connectivity index (χ1) is 16.8. The molecule has 1 N–H and O–H groups in total. The summed E-state index contributed by atoms with van der Waals surface area (Å²) in [6.45, 7) is 1.28. The van der Waals surface area contributed by atoms with Crippen LogP contribution in [0.3, 0.4) is 0 Å². The van der Waals surface area contributed by atoms with E-state index in [-0.39, 0.29) is 11.0 Å². The monoisotopic (exact) mass is 529 g/mol. The summed E-state index contributed by atoms with van der Waals surface area (Å²) >= 11 is 7.91. The zero-order chi connectivity index (χ0) is 24.8. The van der Waals surface area contributed by atoms with Gasteiger partial charge in [0.2, 0.25) is 0 Å². The Morgan fingerprint density at radius 3 is 2.49 bits per heavy atom. The summed E-state index contributed by atoms with van der Waals surface area (Å²) in [6, 6.07) is 20.2. The van der Waals surface area contributed by atoms with E-state index >= 15 is 0 Å². The maximum Gasteiger partial charge on any atom is 0.264 e. The fourth-order valence-corrected chi connectivity index (χ4v) is 5.67. The number of benzene rings is 3. The lowest BCUT2D eigenvalue weighted by Gasteiger charge is -2.25. The van der Waals surface area contributed by atoms with Crippen molar-refractivity contribution in [2.45, 2.75) is 17.9 Å². The van der Waals surface area contributed by atoms with E-state index < -0.39 is 22.5 Å². The van der Waals surface area contributed by atoms with Crippen LogP contribution in [-0.2, 0) is 14.8 Å². The smallest absolute Gasteiger partial charge is 0.264 e. The average Bonchev–Trinajstić information content (AvgIpc) is 2.82. The van der Waals surface area contributed by atoms with Crippen LogP contribution in [0.15, 0.2) is 82.8 Å². The Kier molecular flexibility index (Phi) is 8.00. The summed E-state index contributed by atoms with van der Waals surface area (Å²) in [6.07, 6.45) is 1.75. The summed E-state index contributed by atoms with van der Waals surface area (Å²) in [5, 5.41) is 4.46. The number of nitrogens with zero attached hydrogens (tertiary/aromatic N) is 2. The third kappa shape index (κ3) is 6.36. The summed E-state index contributed by atoms with van der Waals surface area (Å²) < 4.78 is 33.7. The lowest BCUT2D eigenvalue weighted by Crippen LogP contribution is -2.40. The van der Waals surface area contributed by atoms with Crippen LogP contribution in [-0.4, -0.2) is 44.7 Å². The average molecular weight is 530 g/mol. The molecule has 0 saturated carbocycles. The molecule has 1 fully saturated rings. The molecule has 1 amide bonds. The first-order valence-electron chi connectivity index (χ1n) is 10.8. The van der Waals surface area contributed by atoms with Crippen molar-refractivity contribution >= 4 is 51.2 Å². The molecule has 0 aliphatic carbocycles. The quantitative estimate of drug-likeness (QED) is 0.326. The Balaban J connectivity index is 1.47. The molecule has 10 heteroatoms. The van der Waals surface area contributed by atoms with E-state index in [0.717, 1.165) is 27.1 Å². The van der Waals surface area contributed by atoms with Gasteiger partial charge in [0.1, 0.15) is 18.4 Å². The van der Waals surface area contributed by atoms with Crippen LogP contribution < -0.4 is 14.5 Å². The molecule has 0 unspecified atom stereocenters. The standard InChI is InChI=1S/C25H24ClN3O4S2/c1-18-13-20(26)9-12-24(18)29(35(31,32)23-5-3-2-4-6-23)15-25(30)28-27-14-19-7-10-21(11-8-19)33-22-16-34-17-22/h2-14,22H,15-17H2,1H3,(H,28,30)/b27-14-. The minimum absolute atomic E-state index is 0.0773. The van der Waals surface area contributed by atoms with Gasteiger partial charge in [0.05, 0.1) is 16.8 Å². The Bertz CT molecular complexity index is 1310. The molecule has 1 aliphatic rings. The summed E-state index contributed by atoms with van der Waals surface area (Å²) in [7, 11) is -4.01. The molecule has 182 valence electrons. The molecule has 1 saturated heterocycles. The first-order valence-corrected chi connectivity index (χ1v) is 13.8. The Morgan fingerprint density at radius 1 is 1.14 bits per heavy atom. The van der Waals surface area contributed by atoms with E-state index in [9.17, 15) is 13.2 Å². The van der Waals surface area contributed by atoms with Crippen LogP contribution >= 0.6 is 23.4 Å². The van der Waals surface area contributed by atoms with Crippen molar-refractivity contribution in [3.63, 3.8) is 0 Å². The van der Waals surface area contributed by atoms with Crippen LogP contribution in [0.1, 0.15) is 11.1 Å². The molecule has 3 aromatic carbocycles. The number of hydrogen-bond acceptors (Lipinski definition) is 6. The summed E-state index contributed by atoms with van der Waals surface area (Å²) in [4.78, 5) is 12.8. The number of halogens is 1. The number of nitrogens with one attached hydrogen (secondary N) is 1. The zero-order valence-electron chi connectivity index (χ0n) is 18.9. The van der Waals surface area contributed by atoms with E-state index in [1.807, 2.05) is 36.0 Å². The number of hydrogen-bond donors (Lipinski definition) is 1. The first kappa shape index (κ1) is 25.1. The van der Waals surface area contributed by atoms with Gasteiger partial charge in [-0.2, -0.15) is 16.9 Å². The van der Waals surface area contributed by atoms with Gasteiger partial charge in [-0.05, 0) is 72.6 Å². The molecule has 7 nitrogen and oxygen atoms in total. The van der Waals surface area contributed by atoms with Gasteiger partial charge in [-0.25, -0.2) is 13.8 Å². The van der Waals surface area contributed by atoms with Crippen molar-refractivity contribution < 1.29 is 17.9 Å². The number of amides is 1. The lowest BCUT2D eigenvalue weighted by molar-refractivity contribution is -0.119. The fraction of sp³-hybridized carbons (Fsp3) is 0.200. The molecular formula is C25H24ClN3O4S2. The van der Waals surface area contributed by atoms with Gasteiger partial charge < -0.3 is 4.74 Å². The van der Waals surface area contributed by atoms with Crippen molar-refractivity contribution in [2.24, 2.45) is 5.10 Å². The summed E-state index contributed by atoms with van der Waals surface area (Å²) in [5.41, 5.74) is 4.16. The molecule has 3 aromatic rings. The highest BCUT2D eigenvalue weighted by molar-refractivity contribution is 8.00. The number of aryl methyl sites for hydroxylation is 1.